The maximum absolute atomic E-state index is 11.8. The highest BCUT2D eigenvalue weighted by atomic mass is 16.3. The van der Waals surface area contributed by atoms with Crippen LogP contribution >= 0.6 is 0 Å². The molecule has 6 atom stereocenters. The Morgan fingerprint density at radius 2 is 2.10 bits per heavy atom. The monoisotopic (exact) mass is 290 g/mol. The van der Waals surface area contributed by atoms with Crippen molar-refractivity contribution in [1.29, 1.82) is 0 Å². The van der Waals surface area contributed by atoms with Crippen LogP contribution in [-0.4, -0.2) is 28.2 Å². The van der Waals surface area contributed by atoms with Gasteiger partial charge in [-0.1, -0.05) is 13.0 Å². The fourth-order valence-electron chi connectivity index (χ4n) is 6.55. The standard InChI is InChI=1S/C18H26O3/c1-16-6-5-14(20)8-12(16)4-7-17-9-13(2-3-15(16)17)18(21,10-17)11-19/h5-6,12-13,15,19,21H,2-4,7-11H2,1H3/t12-,13+,15+,16-,17+,18+/m1/s1. The summed E-state index contributed by atoms with van der Waals surface area (Å²) in [5, 5.41) is 20.5. The van der Waals surface area contributed by atoms with E-state index in [-0.39, 0.29) is 29.1 Å². The minimum Gasteiger partial charge on any atom is -0.393 e. The number of carbonyl (C=O) groups excluding carboxylic acids is 1. The van der Waals surface area contributed by atoms with Crippen molar-refractivity contribution in [3.63, 3.8) is 0 Å². The van der Waals surface area contributed by atoms with E-state index < -0.39 is 5.60 Å². The number of hydrogen-bond donors (Lipinski definition) is 2. The van der Waals surface area contributed by atoms with Gasteiger partial charge < -0.3 is 10.2 Å². The van der Waals surface area contributed by atoms with Crippen molar-refractivity contribution >= 4 is 5.78 Å². The molecule has 21 heavy (non-hydrogen) atoms. The molecule has 2 N–H and O–H groups in total. The van der Waals surface area contributed by atoms with Crippen LogP contribution in [0.25, 0.3) is 0 Å². The lowest BCUT2D eigenvalue weighted by Gasteiger charge is -2.58. The molecule has 0 radical (unpaired) electrons. The van der Waals surface area contributed by atoms with Crippen molar-refractivity contribution in [1.82, 2.24) is 0 Å². The lowest BCUT2D eigenvalue weighted by atomic mass is 9.46. The topological polar surface area (TPSA) is 57.5 Å². The van der Waals surface area contributed by atoms with Gasteiger partial charge in [0.15, 0.2) is 5.78 Å². The van der Waals surface area contributed by atoms with Crippen molar-refractivity contribution in [2.75, 3.05) is 6.61 Å². The molecule has 0 aliphatic heterocycles. The van der Waals surface area contributed by atoms with Gasteiger partial charge in [-0.15, -0.1) is 0 Å². The van der Waals surface area contributed by atoms with E-state index in [0.717, 1.165) is 38.5 Å². The van der Waals surface area contributed by atoms with E-state index in [1.54, 1.807) is 6.08 Å². The highest BCUT2D eigenvalue weighted by Crippen LogP contribution is 2.69. The van der Waals surface area contributed by atoms with Crippen LogP contribution in [-0.2, 0) is 4.79 Å². The predicted molar refractivity (Wildman–Crippen MR) is 79.5 cm³/mol. The summed E-state index contributed by atoms with van der Waals surface area (Å²) >= 11 is 0. The third kappa shape index (κ3) is 1.71. The van der Waals surface area contributed by atoms with Crippen molar-refractivity contribution in [3.05, 3.63) is 12.2 Å². The summed E-state index contributed by atoms with van der Waals surface area (Å²) in [7, 11) is 0. The van der Waals surface area contributed by atoms with Crippen LogP contribution in [0.3, 0.4) is 0 Å². The van der Waals surface area contributed by atoms with Gasteiger partial charge in [-0.3, -0.25) is 4.79 Å². The Kier molecular flexibility index (Phi) is 2.79. The lowest BCUT2D eigenvalue weighted by Crippen LogP contribution is -2.51. The molecule has 0 heterocycles. The first kappa shape index (κ1) is 14.0. The molecule has 4 aliphatic carbocycles. The van der Waals surface area contributed by atoms with E-state index in [2.05, 4.69) is 13.0 Å². The number of allylic oxidation sites excluding steroid dienone is 2. The molecule has 3 saturated carbocycles. The summed E-state index contributed by atoms with van der Waals surface area (Å²) in [5.41, 5.74) is -0.555. The zero-order chi connectivity index (χ0) is 14.9. The Bertz CT molecular complexity index is 513. The summed E-state index contributed by atoms with van der Waals surface area (Å²) < 4.78 is 0. The molecular formula is C18H26O3. The highest BCUT2D eigenvalue weighted by Gasteiger charge is 2.65. The molecule has 0 aromatic carbocycles. The van der Waals surface area contributed by atoms with Crippen LogP contribution in [0.1, 0.15) is 51.9 Å². The van der Waals surface area contributed by atoms with Gasteiger partial charge in [0, 0.05) is 6.42 Å². The lowest BCUT2D eigenvalue weighted by molar-refractivity contribution is -0.122. The molecule has 4 aliphatic rings. The van der Waals surface area contributed by atoms with E-state index in [1.807, 2.05) is 0 Å². The van der Waals surface area contributed by atoms with E-state index in [9.17, 15) is 15.0 Å². The number of fused-ring (bicyclic) bond motifs is 3. The number of carbonyl (C=O) groups is 1. The van der Waals surface area contributed by atoms with E-state index in [0.29, 0.717) is 18.3 Å². The van der Waals surface area contributed by atoms with Crippen LogP contribution < -0.4 is 0 Å². The maximum atomic E-state index is 11.8. The van der Waals surface area contributed by atoms with Gasteiger partial charge in [0.05, 0.1) is 12.2 Å². The van der Waals surface area contributed by atoms with Gasteiger partial charge in [0.1, 0.15) is 0 Å². The molecule has 116 valence electrons. The molecule has 0 aromatic rings. The molecule has 4 rings (SSSR count). The Morgan fingerprint density at radius 1 is 1.29 bits per heavy atom. The molecule has 3 nitrogen and oxygen atoms in total. The molecule has 3 fully saturated rings. The fraction of sp³-hybridized carbons (Fsp3) is 0.833. The summed E-state index contributed by atoms with van der Waals surface area (Å²) in [6.07, 6.45) is 10.9. The second-order valence-electron chi connectivity index (χ2n) is 8.44. The zero-order valence-electron chi connectivity index (χ0n) is 12.8. The van der Waals surface area contributed by atoms with E-state index >= 15 is 0 Å². The molecular weight excluding hydrogens is 264 g/mol. The SMILES string of the molecule is C[C@@]12C=CC(=O)C[C@H]1CC[C@@]13C[C@H](CC[C@H]12)[C@@](O)(CO)C3. The first-order chi connectivity index (χ1) is 9.92. The molecule has 0 aromatic heterocycles. The average Bonchev–Trinajstić information content (AvgIpc) is 2.68. The summed E-state index contributed by atoms with van der Waals surface area (Å²) in [6.45, 7) is 2.24. The number of ketones is 1. The second kappa shape index (κ2) is 4.20. The number of hydrogen-bond acceptors (Lipinski definition) is 3. The summed E-state index contributed by atoms with van der Waals surface area (Å²) in [5.74, 6) is 1.59. The molecule has 1 spiro atoms. The normalized spacial score (nSPS) is 55.2. The molecule has 2 bridgehead atoms. The van der Waals surface area contributed by atoms with Crippen molar-refractivity contribution in [2.24, 2.45) is 28.6 Å². The number of aliphatic hydroxyl groups is 2. The summed E-state index contributed by atoms with van der Waals surface area (Å²) in [6, 6.07) is 0. The number of aliphatic hydroxyl groups excluding tert-OH is 1. The Hall–Kier alpha value is -0.670. The Labute approximate surface area is 126 Å². The van der Waals surface area contributed by atoms with Crippen LogP contribution in [0.15, 0.2) is 12.2 Å². The molecule has 3 heteroatoms. The molecule has 0 unspecified atom stereocenters. The van der Waals surface area contributed by atoms with Gasteiger partial charge in [0.25, 0.3) is 0 Å². The van der Waals surface area contributed by atoms with Crippen LogP contribution in [0.4, 0.5) is 0 Å². The average molecular weight is 290 g/mol. The first-order valence-corrected chi connectivity index (χ1v) is 8.47. The Morgan fingerprint density at radius 3 is 2.86 bits per heavy atom. The van der Waals surface area contributed by atoms with Gasteiger partial charge in [-0.05, 0) is 73.2 Å². The van der Waals surface area contributed by atoms with Gasteiger partial charge in [-0.25, -0.2) is 0 Å². The minimum absolute atomic E-state index is 0.0966. The van der Waals surface area contributed by atoms with E-state index in [4.69, 9.17) is 0 Å². The highest BCUT2D eigenvalue weighted by molar-refractivity contribution is 5.91. The smallest absolute Gasteiger partial charge is 0.155 e. The van der Waals surface area contributed by atoms with Crippen LogP contribution in [0.5, 0.6) is 0 Å². The third-order valence-corrected chi connectivity index (χ3v) is 7.58. The largest absolute Gasteiger partial charge is 0.393 e. The number of rotatable bonds is 1. The first-order valence-electron chi connectivity index (χ1n) is 8.47. The second-order valence-corrected chi connectivity index (χ2v) is 8.44. The van der Waals surface area contributed by atoms with E-state index in [1.165, 1.54) is 0 Å². The molecule has 0 saturated heterocycles. The Balaban J connectivity index is 1.74. The maximum Gasteiger partial charge on any atom is 0.155 e. The minimum atomic E-state index is -0.855. The summed E-state index contributed by atoms with van der Waals surface area (Å²) in [4.78, 5) is 11.8. The predicted octanol–water partition coefficient (Wildman–Crippen LogP) is 2.46. The van der Waals surface area contributed by atoms with Crippen LogP contribution in [0, 0.1) is 28.6 Å². The van der Waals surface area contributed by atoms with Crippen molar-refractivity contribution in [3.8, 4) is 0 Å². The van der Waals surface area contributed by atoms with Gasteiger partial charge >= 0.3 is 0 Å². The van der Waals surface area contributed by atoms with Gasteiger partial charge in [-0.2, -0.15) is 0 Å². The van der Waals surface area contributed by atoms with Crippen molar-refractivity contribution in [2.45, 2.75) is 57.5 Å². The van der Waals surface area contributed by atoms with Crippen molar-refractivity contribution < 1.29 is 15.0 Å². The van der Waals surface area contributed by atoms with Crippen LogP contribution in [0.2, 0.25) is 0 Å². The zero-order valence-corrected chi connectivity index (χ0v) is 12.8. The molecule has 0 amide bonds. The fourth-order valence-corrected chi connectivity index (χ4v) is 6.55. The third-order valence-electron chi connectivity index (χ3n) is 7.58. The van der Waals surface area contributed by atoms with Gasteiger partial charge in [0.2, 0.25) is 0 Å². The quantitative estimate of drug-likeness (QED) is 0.780.